The van der Waals surface area contributed by atoms with E-state index in [9.17, 15) is 0 Å². The van der Waals surface area contributed by atoms with Crippen LogP contribution < -0.4 is 16.4 Å². The first-order valence-corrected chi connectivity index (χ1v) is 6.28. The summed E-state index contributed by atoms with van der Waals surface area (Å²) in [7, 11) is 0. The number of hydrogen-bond donors (Lipinski definition) is 2. The van der Waals surface area contributed by atoms with Crippen molar-refractivity contribution in [2.24, 2.45) is 5.73 Å². The van der Waals surface area contributed by atoms with Crippen molar-refractivity contribution in [3.05, 3.63) is 24.3 Å². The van der Waals surface area contributed by atoms with Gasteiger partial charge in [-0.15, -0.1) is 0 Å². The number of aromatic nitrogens is 2. The van der Waals surface area contributed by atoms with Crippen molar-refractivity contribution in [2.45, 2.75) is 18.9 Å². The Hall–Kier alpha value is -1.88. The Morgan fingerprint density at radius 1 is 1.22 bits per heavy atom. The zero-order chi connectivity index (χ0) is 12.5. The summed E-state index contributed by atoms with van der Waals surface area (Å²) in [6.45, 7) is 1.59. The third kappa shape index (κ3) is 1.76. The van der Waals surface area contributed by atoms with Gasteiger partial charge in [-0.3, -0.25) is 0 Å². The van der Waals surface area contributed by atoms with Gasteiger partial charge in [0.1, 0.15) is 0 Å². The molecule has 0 spiro atoms. The molecule has 5 heteroatoms. The molecule has 1 fully saturated rings. The Bertz CT molecular complexity index is 568. The second-order valence-electron chi connectivity index (χ2n) is 4.65. The molecule has 1 atom stereocenters. The molecule has 1 aromatic carbocycles. The number of nitrogens with zero attached hydrogens (tertiary/aromatic N) is 3. The van der Waals surface area contributed by atoms with Crippen LogP contribution in [0.15, 0.2) is 24.3 Å². The van der Waals surface area contributed by atoms with Gasteiger partial charge in [-0.2, -0.15) is 0 Å². The maximum atomic E-state index is 6.03. The van der Waals surface area contributed by atoms with Crippen molar-refractivity contribution in [1.82, 2.24) is 9.97 Å². The van der Waals surface area contributed by atoms with Gasteiger partial charge in [-0.1, -0.05) is 12.1 Å². The molecule has 94 valence electrons. The van der Waals surface area contributed by atoms with E-state index in [0.717, 1.165) is 36.2 Å². The largest absolute Gasteiger partial charge is 0.381 e. The van der Waals surface area contributed by atoms with Crippen molar-refractivity contribution < 1.29 is 0 Å². The summed E-state index contributed by atoms with van der Waals surface area (Å²) in [4.78, 5) is 11.2. The van der Waals surface area contributed by atoms with Crippen molar-refractivity contribution in [2.75, 3.05) is 23.7 Å². The number of para-hydroxylation sites is 2. The molecule has 0 bridgehead atoms. The fourth-order valence-electron chi connectivity index (χ4n) is 2.58. The smallest absolute Gasteiger partial charge is 0.172 e. The maximum Gasteiger partial charge on any atom is 0.172 e. The lowest BCUT2D eigenvalue weighted by molar-refractivity contribution is 0.672. The Labute approximate surface area is 106 Å². The molecule has 1 aliphatic heterocycles. The van der Waals surface area contributed by atoms with E-state index < -0.39 is 0 Å². The Morgan fingerprint density at radius 3 is 2.67 bits per heavy atom. The quantitative estimate of drug-likeness (QED) is 0.826. The Morgan fingerprint density at radius 2 is 1.94 bits per heavy atom. The topological polar surface area (TPSA) is 81.1 Å². The number of hydrogen-bond acceptors (Lipinski definition) is 5. The number of benzene rings is 1. The van der Waals surface area contributed by atoms with Crippen molar-refractivity contribution in [3.8, 4) is 0 Å². The number of nitrogens with two attached hydrogens (primary N) is 2. The molecular weight excluding hydrogens is 226 g/mol. The van der Waals surface area contributed by atoms with Crippen molar-refractivity contribution in [1.29, 1.82) is 0 Å². The number of fused-ring (bicyclic) bond motifs is 1. The molecule has 1 aliphatic rings. The van der Waals surface area contributed by atoms with E-state index in [2.05, 4.69) is 14.9 Å². The molecule has 0 amide bonds. The Balaban J connectivity index is 2.08. The molecule has 0 aliphatic carbocycles. The molecular formula is C13H17N5. The summed E-state index contributed by atoms with van der Waals surface area (Å²) in [5.74, 6) is 1.27. The van der Waals surface area contributed by atoms with Gasteiger partial charge in [-0.25, -0.2) is 9.97 Å². The molecule has 4 N–H and O–H groups in total. The van der Waals surface area contributed by atoms with E-state index >= 15 is 0 Å². The molecule has 1 unspecified atom stereocenters. The van der Waals surface area contributed by atoms with E-state index in [1.807, 2.05) is 24.3 Å². The molecule has 0 radical (unpaired) electrons. The molecule has 0 saturated carbocycles. The first-order valence-electron chi connectivity index (χ1n) is 6.28. The average Bonchev–Trinajstić information content (AvgIpc) is 2.86. The molecule has 5 nitrogen and oxygen atoms in total. The highest BCUT2D eigenvalue weighted by Gasteiger charge is 2.26. The van der Waals surface area contributed by atoms with Gasteiger partial charge in [0.05, 0.1) is 11.0 Å². The van der Waals surface area contributed by atoms with E-state index in [-0.39, 0.29) is 0 Å². The van der Waals surface area contributed by atoms with Gasteiger partial charge in [0.2, 0.25) is 0 Å². The van der Waals surface area contributed by atoms with Crippen LogP contribution in [-0.2, 0) is 0 Å². The minimum Gasteiger partial charge on any atom is -0.381 e. The summed E-state index contributed by atoms with van der Waals surface area (Å²) in [6, 6.07) is 8.12. The Kier molecular flexibility index (Phi) is 2.76. The molecule has 2 aromatic rings. The number of rotatable bonds is 2. The average molecular weight is 243 g/mol. The minimum absolute atomic E-state index is 0.336. The first-order chi connectivity index (χ1) is 8.79. The third-order valence-corrected chi connectivity index (χ3v) is 3.50. The predicted molar refractivity (Wildman–Crippen MR) is 73.4 cm³/mol. The number of nitrogen functional groups attached to an aromatic ring is 1. The predicted octanol–water partition coefficient (Wildman–Crippen LogP) is 1.14. The van der Waals surface area contributed by atoms with Gasteiger partial charge in [0.15, 0.2) is 11.6 Å². The summed E-state index contributed by atoms with van der Waals surface area (Å²) in [6.07, 6.45) is 2.24. The van der Waals surface area contributed by atoms with Crippen LogP contribution in [0.3, 0.4) is 0 Å². The van der Waals surface area contributed by atoms with Crippen LogP contribution in [0, 0.1) is 0 Å². The van der Waals surface area contributed by atoms with Gasteiger partial charge < -0.3 is 16.4 Å². The standard InChI is InChI=1S/C13H17N5/c14-8-9-4-3-7-18(9)13-12(15)16-10-5-1-2-6-11(10)17-13/h1-2,5-6,9H,3-4,7-8,14H2,(H2,15,16). The van der Waals surface area contributed by atoms with Crippen molar-refractivity contribution >= 4 is 22.7 Å². The van der Waals surface area contributed by atoms with Gasteiger partial charge >= 0.3 is 0 Å². The molecule has 3 rings (SSSR count). The summed E-state index contributed by atoms with van der Waals surface area (Å²) < 4.78 is 0. The lowest BCUT2D eigenvalue weighted by Gasteiger charge is -2.25. The first kappa shape index (κ1) is 11.2. The zero-order valence-electron chi connectivity index (χ0n) is 10.2. The minimum atomic E-state index is 0.336. The van der Waals surface area contributed by atoms with Crippen LogP contribution in [0.25, 0.3) is 11.0 Å². The second kappa shape index (κ2) is 4.42. The second-order valence-corrected chi connectivity index (χ2v) is 4.65. The summed E-state index contributed by atoms with van der Waals surface area (Å²) in [5.41, 5.74) is 13.5. The lowest BCUT2D eigenvalue weighted by atomic mass is 10.2. The zero-order valence-corrected chi connectivity index (χ0v) is 10.2. The monoisotopic (exact) mass is 243 g/mol. The molecule has 18 heavy (non-hydrogen) atoms. The molecule has 1 aromatic heterocycles. The molecule has 2 heterocycles. The van der Waals surface area contributed by atoms with Crippen LogP contribution in [0.4, 0.5) is 11.6 Å². The van der Waals surface area contributed by atoms with E-state index in [0.29, 0.717) is 18.4 Å². The highest BCUT2D eigenvalue weighted by Crippen LogP contribution is 2.28. The maximum absolute atomic E-state index is 6.03. The van der Waals surface area contributed by atoms with Gasteiger partial charge in [0.25, 0.3) is 0 Å². The van der Waals surface area contributed by atoms with Crippen LogP contribution in [-0.4, -0.2) is 29.1 Å². The molecule has 1 saturated heterocycles. The van der Waals surface area contributed by atoms with Crippen molar-refractivity contribution in [3.63, 3.8) is 0 Å². The SMILES string of the molecule is NCC1CCCN1c1nc2ccccc2nc1N. The fraction of sp³-hybridized carbons (Fsp3) is 0.385. The van der Waals surface area contributed by atoms with Gasteiger partial charge in [-0.05, 0) is 25.0 Å². The van der Waals surface area contributed by atoms with Crippen LogP contribution >= 0.6 is 0 Å². The highest BCUT2D eigenvalue weighted by molar-refractivity contribution is 5.79. The van der Waals surface area contributed by atoms with E-state index in [1.165, 1.54) is 0 Å². The van der Waals surface area contributed by atoms with Crippen LogP contribution in [0.5, 0.6) is 0 Å². The van der Waals surface area contributed by atoms with E-state index in [1.54, 1.807) is 0 Å². The number of anilines is 2. The summed E-state index contributed by atoms with van der Waals surface area (Å²) >= 11 is 0. The normalized spacial score (nSPS) is 19.6. The van der Waals surface area contributed by atoms with Crippen LogP contribution in [0.2, 0.25) is 0 Å². The van der Waals surface area contributed by atoms with Crippen LogP contribution in [0.1, 0.15) is 12.8 Å². The fourth-order valence-corrected chi connectivity index (χ4v) is 2.58. The highest BCUT2D eigenvalue weighted by atomic mass is 15.3. The summed E-state index contributed by atoms with van der Waals surface area (Å²) in [5, 5.41) is 0. The van der Waals surface area contributed by atoms with Gasteiger partial charge in [0, 0.05) is 19.1 Å². The third-order valence-electron chi connectivity index (χ3n) is 3.50. The lowest BCUT2D eigenvalue weighted by Crippen LogP contribution is -2.36. The van der Waals surface area contributed by atoms with E-state index in [4.69, 9.17) is 11.5 Å².